The maximum Gasteiger partial charge on any atom is 0.128 e. The first-order valence-electron chi connectivity index (χ1n) is 3.49. The Labute approximate surface area is 63.7 Å². The van der Waals surface area contributed by atoms with Gasteiger partial charge in [-0.3, -0.25) is 0 Å². The van der Waals surface area contributed by atoms with Crippen molar-refractivity contribution in [2.24, 2.45) is 0 Å². The Bertz CT molecular complexity index is 269. The highest BCUT2D eigenvalue weighted by Gasteiger charge is 2.17. The molecule has 0 aliphatic carbocycles. The first kappa shape index (κ1) is 6.61. The molecule has 11 heavy (non-hydrogen) atoms. The fourth-order valence-electron chi connectivity index (χ4n) is 1.35. The molecule has 0 spiro atoms. The molecule has 1 heterocycles. The number of phenolic OH excluding ortho intramolecular Hbond substituents is 1. The zero-order valence-corrected chi connectivity index (χ0v) is 5.89. The molecule has 1 aromatic rings. The maximum absolute atomic E-state index is 12.9. The zero-order valence-electron chi connectivity index (χ0n) is 5.89. The topological polar surface area (TPSA) is 32.3 Å². The standard InChI is InChI=1S/C8H8FNO/c9-7-1-2-8(11)6-4-10-3-5(6)7/h1-2,10-11H,3-4H2. The van der Waals surface area contributed by atoms with Gasteiger partial charge in [-0.05, 0) is 12.1 Å². The molecule has 0 fully saturated rings. The van der Waals surface area contributed by atoms with Crippen LogP contribution < -0.4 is 5.32 Å². The Hall–Kier alpha value is -1.09. The van der Waals surface area contributed by atoms with E-state index in [1.54, 1.807) is 0 Å². The van der Waals surface area contributed by atoms with E-state index >= 15 is 0 Å². The van der Waals surface area contributed by atoms with Crippen molar-refractivity contribution < 1.29 is 9.50 Å². The Morgan fingerprint density at radius 2 is 2.00 bits per heavy atom. The van der Waals surface area contributed by atoms with Gasteiger partial charge in [0.1, 0.15) is 11.6 Å². The summed E-state index contributed by atoms with van der Waals surface area (Å²) in [5, 5.41) is 12.2. The summed E-state index contributed by atoms with van der Waals surface area (Å²) in [5.74, 6) is -0.0470. The van der Waals surface area contributed by atoms with Gasteiger partial charge >= 0.3 is 0 Å². The number of halogens is 1. The fraction of sp³-hybridized carbons (Fsp3) is 0.250. The van der Waals surface area contributed by atoms with E-state index in [0.29, 0.717) is 24.2 Å². The summed E-state index contributed by atoms with van der Waals surface area (Å²) in [5.41, 5.74) is 1.30. The summed E-state index contributed by atoms with van der Waals surface area (Å²) in [6, 6.07) is 2.68. The second-order valence-corrected chi connectivity index (χ2v) is 2.63. The van der Waals surface area contributed by atoms with Crippen LogP contribution in [0.5, 0.6) is 5.75 Å². The minimum atomic E-state index is -0.234. The fourth-order valence-corrected chi connectivity index (χ4v) is 1.35. The highest BCUT2D eigenvalue weighted by molar-refractivity contribution is 5.42. The van der Waals surface area contributed by atoms with E-state index in [1.165, 1.54) is 12.1 Å². The number of aromatic hydroxyl groups is 1. The van der Waals surface area contributed by atoms with Crippen LogP contribution >= 0.6 is 0 Å². The molecule has 0 aromatic heterocycles. The second-order valence-electron chi connectivity index (χ2n) is 2.63. The molecule has 1 aliphatic rings. The smallest absolute Gasteiger partial charge is 0.128 e. The van der Waals surface area contributed by atoms with Crippen LogP contribution in [0.3, 0.4) is 0 Å². The van der Waals surface area contributed by atoms with Gasteiger partial charge in [0, 0.05) is 24.2 Å². The minimum absolute atomic E-state index is 0.186. The Balaban J connectivity index is 2.64. The average Bonchev–Trinajstić information content (AvgIpc) is 2.45. The summed E-state index contributed by atoms with van der Waals surface area (Å²) < 4.78 is 12.9. The molecule has 1 aliphatic heterocycles. The molecule has 3 heteroatoms. The van der Waals surface area contributed by atoms with Gasteiger partial charge in [0.25, 0.3) is 0 Å². The van der Waals surface area contributed by atoms with Gasteiger partial charge in [-0.25, -0.2) is 4.39 Å². The van der Waals surface area contributed by atoms with Crippen molar-refractivity contribution >= 4 is 0 Å². The Morgan fingerprint density at radius 1 is 1.27 bits per heavy atom. The SMILES string of the molecule is Oc1ccc(F)c2c1CNC2. The van der Waals surface area contributed by atoms with E-state index in [0.717, 1.165) is 0 Å². The van der Waals surface area contributed by atoms with Crippen molar-refractivity contribution in [2.75, 3.05) is 0 Å². The maximum atomic E-state index is 12.9. The van der Waals surface area contributed by atoms with E-state index < -0.39 is 0 Å². The summed E-state index contributed by atoms with van der Waals surface area (Å²) in [4.78, 5) is 0. The molecular weight excluding hydrogens is 145 g/mol. The van der Waals surface area contributed by atoms with Crippen LogP contribution in [0.4, 0.5) is 4.39 Å². The van der Waals surface area contributed by atoms with Gasteiger partial charge in [0.15, 0.2) is 0 Å². The number of rotatable bonds is 0. The zero-order chi connectivity index (χ0) is 7.84. The Morgan fingerprint density at radius 3 is 2.73 bits per heavy atom. The third kappa shape index (κ3) is 0.886. The quantitative estimate of drug-likeness (QED) is 0.585. The van der Waals surface area contributed by atoms with Crippen LogP contribution in [0.2, 0.25) is 0 Å². The van der Waals surface area contributed by atoms with Crippen molar-refractivity contribution in [1.29, 1.82) is 0 Å². The van der Waals surface area contributed by atoms with Gasteiger partial charge < -0.3 is 10.4 Å². The molecule has 1 aromatic carbocycles. The lowest BCUT2D eigenvalue weighted by Crippen LogP contribution is -2.00. The second kappa shape index (κ2) is 2.20. The highest BCUT2D eigenvalue weighted by Crippen LogP contribution is 2.26. The normalized spacial score (nSPS) is 15.0. The molecule has 0 bridgehead atoms. The monoisotopic (exact) mass is 153 g/mol. The summed E-state index contributed by atoms with van der Waals surface area (Å²) in [7, 11) is 0. The number of phenols is 1. The van der Waals surface area contributed by atoms with Crippen molar-refractivity contribution in [3.63, 3.8) is 0 Å². The van der Waals surface area contributed by atoms with Gasteiger partial charge in [-0.2, -0.15) is 0 Å². The number of hydrogen-bond acceptors (Lipinski definition) is 2. The predicted molar refractivity (Wildman–Crippen MR) is 38.6 cm³/mol. The number of fused-ring (bicyclic) bond motifs is 1. The average molecular weight is 153 g/mol. The number of nitrogens with one attached hydrogen (secondary N) is 1. The molecule has 2 rings (SSSR count). The van der Waals surface area contributed by atoms with E-state index in [-0.39, 0.29) is 11.6 Å². The van der Waals surface area contributed by atoms with Crippen molar-refractivity contribution in [2.45, 2.75) is 13.1 Å². The Kier molecular flexibility index (Phi) is 1.32. The number of benzene rings is 1. The molecule has 0 amide bonds. The van der Waals surface area contributed by atoms with Crippen molar-refractivity contribution in [1.82, 2.24) is 5.32 Å². The lowest BCUT2D eigenvalue weighted by Gasteiger charge is -2.00. The number of hydrogen-bond donors (Lipinski definition) is 2. The summed E-state index contributed by atoms with van der Waals surface area (Å²) >= 11 is 0. The van der Waals surface area contributed by atoms with Gasteiger partial charge in [-0.15, -0.1) is 0 Å². The molecular formula is C8H8FNO. The van der Waals surface area contributed by atoms with Crippen molar-refractivity contribution in [3.05, 3.63) is 29.1 Å². The largest absolute Gasteiger partial charge is 0.508 e. The molecule has 0 radical (unpaired) electrons. The van der Waals surface area contributed by atoms with Crippen LogP contribution in [-0.4, -0.2) is 5.11 Å². The highest BCUT2D eigenvalue weighted by atomic mass is 19.1. The van der Waals surface area contributed by atoms with Crippen LogP contribution in [-0.2, 0) is 13.1 Å². The lowest BCUT2D eigenvalue weighted by atomic mass is 10.1. The van der Waals surface area contributed by atoms with E-state index in [1.807, 2.05) is 0 Å². The third-order valence-electron chi connectivity index (χ3n) is 1.95. The summed E-state index contributed by atoms with van der Waals surface area (Å²) in [6.45, 7) is 1.09. The van der Waals surface area contributed by atoms with Gasteiger partial charge in [-0.1, -0.05) is 0 Å². The minimum Gasteiger partial charge on any atom is -0.508 e. The molecule has 2 nitrogen and oxygen atoms in total. The van der Waals surface area contributed by atoms with Gasteiger partial charge in [0.05, 0.1) is 0 Å². The third-order valence-corrected chi connectivity index (χ3v) is 1.95. The molecule has 0 atom stereocenters. The van der Waals surface area contributed by atoms with Crippen molar-refractivity contribution in [3.8, 4) is 5.75 Å². The first-order chi connectivity index (χ1) is 5.29. The molecule has 0 unspecified atom stereocenters. The van der Waals surface area contributed by atoms with E-state index in [9.17, 15) is 9.50 Å². The lowest BCUT2D eigenvalue weighted by molar-refractivity contribution is 0.466. The predicted octanol–water partition coefficient (Wildman–Crippen LogP) is 1.13. The molecule has 0 saturated heterocycles. The molecule has 58 valence electrons. The van der Waals surface area contributed by atoms with Crippen LogP contribution in [0, 0.1) is 5.82 Å². The molecule has 2 N–H and O–H groups in total. The molecule has 0 saturated carbocycles. The first-order valence-corrected chi connectivity index (χ1v) is 3.49. The van der Waals surface area contributed by atoms with E-state index in [2.05, 4.69) is 5.32 Å². The van der Waals surface area contributed by atoms with Gasteiger partial charge in [0.2, 0.25) is 0 Å². The van der Waals surface area contributed by atoms with Crippen LogP contribution in [0.25, 0.3) is 0 Å². The summed E-state index contributed by atoms with van der Waals surface area (Å²) in [6.07, 6.45) is 0. The van der Waals surface area contributed by atoms with Crippen LogP contribution in [0.1, 0.15) is 11.1 Å². The van der Waals surface area contributed by atoms with E-state index in [4.69, 9.17) is 0 Å². The van der Waals surface area contributed by atoms with Crippen LogP contribution in [0.15, 0.2) is 12.1 Å².